The van der Waals surface area contributed by atoms with Gasteiger partial charge in [-0.05, 0) is 33.1 Å². The second-order valence-electron chi connectivity index (χ2n) is 5.35. The molecule has 2 atom stereocenters. The van der Waals surface area contributed by atoms with E-state index < -0.39 is 5.95 Å². The van der Waals surface area contributed by atoms with Crippen LogP contribution in [0, 0.1) is 0 Å². The summed E-state index contributed by atoms with van der Waals surface area (Å²) >= 11 is 6.75. The minimum atomic E-state index is -0.700. The largest absolute Gasteiger partial charge is 0.539 e. The molecule has 0 spiro atoms. The Hall–Kier alpha value is -1.15. The second-order valence-corrected chi connectivity index (χ2v) is 6.96. The van der Waals surface area contributed by atoms with Gasteiger partial charge < -0.3 is 14.5 Å². The summed E-state index contributed by atoms with van der Waals surface area (Å²) in [5.41, 5.74) is -0.0370. The van der Waals surface area contributed by atoms with E-state index >= 15 is 0 Å². The van der Waals surface area contributed by atoms with Gasteiger partial charge in [0, 0.05) is 12.1 Å². The Morgan fingerprint density at radius 1 is 1.52 bits per heavy atom. The molecule has 1 aliphatic heterocycles. The van der Waals surface area contributed by atoms with Crippen molar-refractivity contribution < 1.29 is 19.1 Å². The molecule has 0 saturated carbocycles. The van der Waals surface area contributed by atoms with E-state index in [1.807, 2.05) is 0 Å². The van der Waals surface area contributed by atoms with E-state index in [9.17, 15) is 9.90 Å². The lowest BCUT2D eigenvalue weighted by molar-refractivity contribution is -0.741. The van der Waals surface area contributed by atoms with Crippen LogP contribution in [0.2, 0.25) is 0 Å². The summed E-state index contributed by atoms with van der Waals surface area (Å²) in [5, 5.41) is 14.8. The van der Waals surface area contributed by atoms with Gasteiger partial charge in [-0.2, -0.15) is 0 Å². The van der Waals surface area contributed by atoms with Crippen LogP contribution in [0.5, 0.6) is 5.95 Å². The van der Waals surface area contributed by atoms with E-state index in [0.717, 1.165) is 17.2 Å². The number of hydrogen-bond donors (Lipinski definition) is 0. The lowest BCUT2D eigenvalue weighted by Crippen LogP contribution is -2.46. The van der Waals surface area contributed by atoms with E-state index in [-0.39, 0.29) is 17.2 Å². The number of carbonyl (C=O) groups is 1. The predicted molar refractivity (Wildman–Crippen MR) is 81.1 cm³/mol. The number of aromatic nitrogens is 2. The van der Waals surface area contributed by atoms with Gasteiger partial charge in [-0.15, -0.1) is 0 Å². The fourth-order valence-corrected chi connectivity index (χ4v) is 4.10. The van der Waals surface area contributed by atoms with Crippen molar-refractivity contribution in [3.63, 3.8) is 0 Å². The molecule has 0 bridgehead atoms. The fraction of sp³-hybridized carbons (Fsp3) is 0.692. The third-order valence-electron chi connectivity index (χ3n) is 3.76. The van der Waals surface area contributed by atoms with E-state index in [1.54, 1.807) is 0 Å². The molecule has 2 unspecified atom stereocenters. The summed E-state index contributed by atoms with van der Waals surface area (Å²) < 4.78 is 6.34. The summed E-state index contributed by atoms with van der Waals surface area (Å²) in [4.78, 5) is 14.3. The summed E-state index contributed by atoms with van der Waals surface area (Å²) in [7, 11) is 1.51. The monoisotopic (exact) mass is 329 g/mol. The summed E-state index contributed by atoms with van der Waals surface area (Å²) in [6.07, 6.45) is 3.44. The Labute approximate surface area is 133 Å². The number of rotatable bonds is 3. The van der Waals surface area contributed by atoms with Gasteiger partial charge >= 0.3 is 0 Å². The third-order valence-corrected chi connectivity index (χ3v) is 5.19. The normalized spacial score (nSPS) is 22.3. The maximum atomic E-state index is 12.1. The van der Waals surface area contributed by atoms with E-state index in [1.165, 1.54) is 29.9 Å². The highest BCUT2D eigenvalue weighted by Gasteiger charge is 2.28. The second kappa shape index (κ2) is 6.74. The maximum Gasteiger partial charge on any atom is 0.300 e. The Bertz CT molecular complexity index is 517. The molecule has 1 fully saturated rings. The van der Waals surface area contributed by atoms with Gasteiger partial charge in [0.15, 0.2) is 13.0 Å². The number of thioether (sulfide) groups is 1. The zero-order valence-electron chi connectivity index (χ0n) is 12.4. The molecule has 0 amide bonds. The van der Waals surface area contributed by atoms with Crippen LogP contribution in [0.25, 0.3) is 0 Å². The van der Waals surface area contributed by atoms with Crippen LogP contribution in [0.15, 0.2) is 4.52 Å². The predicted octanol–water partition coefficient (Wildman–Crippen LogP) is 1.04. The number of carbonyl (C=O) groups excluding carboxylic acids is 1. The van der Waals surface area contributed by atoms with Crippen molar-refractivity contribution in [1.82, 2.24) is 10.2 Å². The standard InChI is InChI=1S/C13H19N3O3S2/c1-8-5-4-6-9(2)16(8)13(20)21-7-10(17)11-12(18)19-14-15(11)3/h8-9H,4-7H2,1-3H3. The molecule has 21 heavy (non-hydrogen) atoms. The molecule has 2 rings (SSSR count). The molecule has 0 radical (unpaired) electrons. The molecular weight excluding hydrogens is 310 g/mol. The molecule has 8 heteroatoms. The van der Waals surface area contributed by atoms with Gasteiger partial charge in [-0.1, -0.05) is 28.7 Å². The van der Waals surface area contributed by atoms with Crippen molar-refractivity contribution in [1.29, 1.82) is 0 Å². The van der Waals surface area contributed by atoms with Crippen LogP contribution in [0.4, 0.5) is 0 Å². The molecular formula is C13H19N3O3S2. The third kappa shape index (κ3) is 3.55. The molecule has 2 heterocycles. The van der Waals surface area contributed by atoms with Crippen molar-refractivity contribution in [2.24, 2.45) is 7.05 Å². The summed E-state index contributed by atoms with van der Waals surface area (Å²) in [5.74, 6) is -0.888. The number of Topliss-reactive ketones (excluding diaryl/α,β-unsaturated/α-hetero) is 1. The number of aryl methyl sites for hydroxylation is 1. The molecule has 6 nitrogen and oxygen atoms in total. The lowest BCUT2D eigenvalue weighted by Gasteiger charge is -2.40. The molecule has 1 saturated heterocycles. The van der Waals surface area contributed by atoms with E-state index in [0.29, 0.717) is 12.1 Å². The number of hydrogen-bond acceptors (Lipinski definition) is 6. The van der Waals surface area contributed by atoms with Crippen molar-refractivity contribution in [3.8, 4) is 5.95 Å². The highest BCUT2D eigenvalue weighted by Crippen LogP contribution is 2.26. The van der Waals surface area contributed by atoms with Crippen molar-refractivity contribution in [2.75, 3.05) is 5.75 Å². The summed E-state index contributed by atoms with van der Waals surface area (Å²) in [6, 6.07) is 0.788. The first-order valence-corrected chi connectivity index (χ1v) is 8.32. The molecule has 1 aromatic heterocycles. The van der Waals surface area contributed by atoms with Crippen LogP contribution in [0.3, 0.4) is 0 Å². The number of ketones is 1. The van der Waals surface area contributed by atoms with Crippen LogP contribution >= 0.6 is 24.0 Å². The molecule has 0 aliphatic carbocycles. The van der Waals surface area contributed by atoms with Crippen molar-refractivity contribution in [2.45, 2.75) is 45.2 Å². The van der Waals surface area contributed by atoms with E-state index in [2.05, 4.69) is 28.5 Å². The topological polar surface area (TPSA) is 73.3 Å². The first kappa shape index (κ1) is 16.2. The smallest absolute Gasteiger partial charge is 0.300 e. The minimum Gasteiger partial charge on any atom is -0.539 e. The molecule has 1 aliphatic rings. The van der Waals surface area contributed by atoms with Gasteiger partial charge in [-0.3, -0.25) is 4.79 Å². The molecule has 0 N–H and O–H groups in total. The average molecular weight is 329 g/mol. The number of thiocarbonyl (C=S) groups is 1. The maximum absolute atomic E-state index is 12.1. The van der Waals surface area contributed by atoms with Gasteiger partial charge in [0.1, 0.15) is 4.32 Å². The summed E-state index contributed by atoms with van der Waals surface area (Å²) in [6.45, 7) is 4.31. The SMILES string of the molecule is CC1CCCC(C)N1C(=S)SCC(=O)c1c([O-])on[n+]1C. The van der Waals surface area contributed by atoms with E-state index in [4.69, 9.17) is 12.2 Å². The van der Waals surface area contributed by atoms with Crippen molar-refractivity contribution in [3.05, 3.63) is 5.69 Å². The Balaban J connectivity index is 1.96. The minimum absolute atomic E-state index is 0.0370. The van der Waals surface area contributed by atoms with Crippen LogP contribution in [-0.4, -0.2) is 38.1 Å². The van der Waals surface area contributed by atoms with Gasteiger partial charge in [0.05, 0.1) is 11.0 Å². The van der Waals surface area contributed by atoms with Gasteiger partial charge in [0.25, 0.3) is 5.69 Å². The first-order valence-electron chi connectivity index (χ1n) is 6.93. The fourth-order valence-electron chi connectivity index (χ4n) is 2.66. The Morgan fingerprint density at radius 2 is 2.14 bits per heavy atom. The molecule has 1 aromatic rings. The van der Waals surface area contributed by atoms with Crippen LogP contribution < -0.4 is 9.79 Å². The number of nitrogens with zero attached hydrogens (tertiary/aromatic N) is 3. The average Bonchev–Trinajstić information content (AvgIpc) is 2.75. The quantitative estimate of drug-likeness (QED) is 0.466. The zero-order valence-corrected chi connectivity index (χ0v) is 14.0. The number of piperidine rings is 1. The zero-order chi connectivity index (χ0) is 15.6. The Kier molecular flexibility index (Phi) is 5.21. The highest BCUT2D eigenvalue weighted by molar-refractivity contribution is 8.23. The van der Waals surface area contributed by atoms with Gasteiger partial charge in [-0.25, -0.2) is 0 Å². The van der Waals surface area contributed by atoms with Crippen molar-refractivity contribution >= 4 is 34.1 Å². The Morgan fingerprint density at radius 3 is 2.67 bits per heavy atom. The van der Waals surface area contributed by atoms with Crippen LogP contribution in [-0.2, 0) is 7.05 Å². The molecule has 116 valence electrons. The lowest BCUT2D eigenvalue weighted by atomic mass is 9.99. The highest BCUT2D eigenvalue weighted by atomic mass is 32.2. The molecule has 0 aromatic carbocycles. The first-order chi connectivity index (χ1) is 9.91. The van der Waals surface area contributed by atoms with Gasteiger partial charge in [0.2, 0.25) is 5.78 Å². The van der Waals surface area contributed by atoms with Crippen LogP contribution in [0.1, 0.15) is 43.6 Å². The number of likely N-dealkylation sites (tertiary alicyclic amines) is 1.